The van der Waals surface area contributed by atoms with Gasteiger partial charge in [-0.15, -0.1) is 0 Å². The Bertz CT molecular complexity index is 125. The first-order chi connectivity index (χ1) is 5.04. The summed E-state index contributed by atoms with van der Waals surface area (Å²) in [6.45, 7) is 1.50. The minimum Gasteiger partial charge on any atom is -0.388 e. The van der Waals surface area contributed by atoms with Gasteiger partial charge in [-0.2, -0.15) is 0 Å². The summed E-state index contributed by atoms with van der Waals surface area (Å²) in [5.41, 5.74) is 0. The van der Waals surface area contributed by atoms with Crippen LogP contribution in [0.3, 0.4) is 0 Å². The second kappa shape index (κ2) is 3.04. The van der Waals surface area contributed by atoms with Crippen molar-refractivity contribution in [3.05, 3.63) is 0 Å². The molecule has 66 valence electrons. The predicted octanol–water partition coefficient (Wildman–Crippen LogP) is -2.19. The zero-order chi connectivity index (χ0) is 8.59. The molecular formula is C6H12O5. The van der Waals surface area contributed by atoms with E-state index < -0.39 is 30.7 Å². The molecule has 1 saturated heterocycles. The Morgan fingerprint density at radius 1 is 0.909 bits per heavy atom. The quantitative estimate of drug-likeness (QED) is 0.326. The molecule has 1 heterocycles. The van der Waals surface area contributed by atoms with E-state index in [4.69, 9.17) is 20.4 Å². The Morgan fingerprint density at radius 2 is 1.45 bits per heavy atom. The Labute approximate surface area is 63.8 Å². The van der Waals surface area contributed by atoms with Crippen molar-refractivity contribution in [2.45, 2.75) is 37.6 Å². The molecule has 0 amide bonds. The van der Waals surface area contributed by atoms with Gasteiger partial charge in [0.05, 0.1) is 6.10 Å². The van der Waals surface area contributed by atoms with Crippen LogP contribution < -0.4 is 0 Å². The van der Waals surface area contributed by atoms with Crippen LogP contribution in [0.4, 0.5) is 0 Å². The number of aliphatic hydroxyl groups excluding tert-OH is 4. The molecule has 0 bridgehead atoms. The van der Waals surface area contributed by atoms with Gasteiger partial charge in [-0.1, -0.05) is 0 Å². The average Bonchev–Trinajstić information content (AvgIpc) is 1.97. The first-order valence-electron chi connectivity index (χ1n) is 3.41. The number of ether oxygens (including phenoxy) is 1. The molecule has 0 aliphatic carbocycles. The van der Waals surface area contributed by atoms with E-state index >= 15 is 0 Å². The molecule has 1 rings (SSSR count). The number of rotatable bonds is 0. The van der Waals surface area contributed by atoms with E-state index in [1.165, 1.54) is 6.92 Å². The van der Waals surface area contributed by atoms with Gasteiger partial charge in [0, 0.05) is 0 Å². The summed E-state index contributed by atoms with van der Waals surface area (Å²) in [7, 11) is 0. The fraction of sp³-hybridized carbons (Fsp3) is 1.00. The summed E-state index contributed by atoms with van der Waals surface area (Å²) in [4.78, 5) is 0. The van der Waals surface area contributed by atoms with E-state index in [2.05, 4.69) is 4.74 Å². The smallest absolute Gasteiger partial charge is 0.183 e. The van der Waals surface area contributed by atoms with E-state index in [0.717, 1.165) is 0 Å². The molecule has 5 heteroatoms. The maximum Gasteiger partial charge on any atom is 0.183 e. The molecule has 5 nitrogen and oxygen atoms in total. The normalized spacial score (nSPS) is 52.6. The highest BCUT2D eigenvalue weighted by atomic mass is 16.6. The maximum absolute atomic E-state index is 9.09. The lowest BCUT2D eigenvalue weighted by atomic mass is 10.0. The van der Waals surface area contributed by atoms with Crippen molar-refractivity contribution >= 4 is 0 Å². The minimum atomic E-state index is -1.43. The summed E-state index contributed by atoms with van der Waals surface area (Å²) in [5, 5.41) is 36.0. The van der Waals surface area contributed by atoms with Crippen LogP contribution in [0.2, 0.25) is 0 Å². The summed E-state index contributed by atoms with van der Waals surface area (Å²) in [6, 6.07) is 0. The molecule has 0 spiro atoms. The van der Waals surface area contributed by atoms with Crippen LogP contribution in [-0.4, -0.2) is 51.1 Å². The third-order valence-electron chi connectivity index (χ3n) is 1.83. The van der Waals surface area contributed by atoms with Crippen LogP contribution in [-0.2, 0) is 4.74 Å². The largest absolute Gasteiger partial charge is 0.388 e. The molecule has 0 radical (unpaired) electrons. The van der Waals surface area contributed by atoms with Gasteiger partial charge in [-0.3, -0.25) is 0 Å². The topological polar surface area (TPSA) is 90.2 Å². The lowest BCUT2D eigenvalue weighted by molar-refractivity contribution is -0.277. The molecule has 4 N–H and O–H groups in total. The van der Waals surface area contributed by atoms with Gasteiger partial charge in [-0.25, -0.2) is 0 Å². The van der Waals surface area contributed by atoms with E-state index in [-0.39, 0.29) is 0 Å². The van der Waals surface area contributed by atoms with Crippen molar-refractivity contribution in [2.24, 2.45) is 0 Å². The Hall–Kier alpha value is -0.200. The molecule has 1 aliphatic heterocycles. The molecule has 0 aromatic heterocycles. The monoisotopic (exact) mass is 164 g/mol. The highest BCUT2D eigenvalue weighted by molar-refractivity contribution is 4.86. The molecule has 1 aliphatic rings. The van der Waals surface area contributed by atoms with Gasteiger partial charge >= 0.3 is 0 Å². The lowest BCUT2D eigenvalue weighted by Gasteiger charge is -2.36. The maximum atomic E-state index is 9.09. The molecule has 1 fully saturated rings. The first-order valence-corrected chi connectivity index (χ1v) is 3.41. The fourth-order valence-electron chi connectivity index (χ4n) is 1.03. The van der Waals surface area contributed by atoms with Crippen molar-refractivity contribution in [3.63, 3.8) is 0 Å². The van der Waals surface area contributed by atoms with Crippen LogP contribution in [0.25, 0.3) is 0 Å². The van der Waals surface area contributed by atoms with Crippen molar-refractivity contribution in [1.29, 1.82) is 0 Å². The number of hydrogen-bond donors (Lipinski definition) is 4. The average molecular weight is 164 g/mol. The molecule has 0 aromatic rings. The molecule has 0 saturated carbocycles. The van der Waals surface area contributed by atoms with Crippen molar-refractivity contribution in [2.75, 3.05) is 0 Å². The molecule has 0 aromatic carbocycles. The fourth-order valence-corrected chi connectivity index (χ4v) is 1.03. The van der Waals surface area contributed by atoms with Crippen LogP contribution in [0.5, 0.6) is 0 Å². The zero-order valence-electron chi connectivity index (χ0n) is 6.08. The van der Waals surface area contributed by atoms with Gasteiger partial charge in [0.25, 0.3) is 0 Å². The Balaban J connectivity index is 2.63. The molecular weight excluding hydrogens is 152 g/mol. The van der Waals surface area contributed by atoms with Crippen LogP contribution >= 0.6 is 0 Å². The van der Waals surface area contributed by atoms with E-state index in [1.807, 2.05) is 0 Å². The van der Waals surface area contributed by atoms with Crippen molar-refractivity contribution in [3.8, 4) is 0 Å². The highest BCUT2D eigenvalue weighted by Gasteiger charge is 2.40. The van der Waals surface area contributed by atoms with Gasteiger partial charge in [-0.05, 0) is 6.92 Å². The van der Waals surface area contributed by atoms with Crippen LogP contribution in [0.1, 0.15) is 6.92 Å². The van der Waals surface area contributed by atoms with Crippen LogP contribution in [0, 0.1) is 0 Å². The van der Waals surface area contributed by atoms with Gasteiger partial charge in [0.1, 0.15) is 18.3 Å². The number of hydrogen-bond acceptors (Lipinski definition) is 5. The van der Waals surface area contributed by atoms with E-state index in [0.29, 0.717) is 0 Å². The summed E-state index contributed by atoms with van der Waals surface area (Å²) < 4.78 is 4.68. The standard InChI is InChI=1S/C6H12O5/c1-2-3(7)4(8)5(9)6(10)11-2/h2-10H,1H3/t2-,3-,4-,5-,6+/m0/s1. The first kappa shape index (κ1) is 8.89. The minimum absolute atomic E-state index is 0.664. The van der Waals surface area contributed by atoms with Crippen molar-refractivity contribution < 1.29 is 25.2 Å². The van der Waals surface area contributed by atoms with Gasteiger partial charge in [0.15, 0.2) is 6.29 Å². The lowest BCUT2D eigenvalue weighted by Crippen LogP contribution is -2.56. The zero-order valence-corrected chi connectivity index (χ0v) is 6.08. The Kier molecular flexibility index (Phi) is 2.46. The molecule has 0 unspecified atom stereocenters. The van der Waals surface area contributed by atoms with Crippen molar-refractivity contribution in [1.82, 2.24) is 0 Å². The second-order valence-corrected chi connectivity index (χ2v) is 2.70. The highest BCUT2D eigenvalue weighted by Crippen LogP contribution is 2.18. The van der Waals surface area contributed by atoms with Crippen LogP contribution in [0.15, 0.2) is 0 Å². The second-order valence-electron chi connectivity index (χ2n) is 2.70. The summed E-state index contributed by atoms with van der Waals surface area (Å²) in [6.07, 6.45) is -5.99. The molecule has 5 atom stereocenters. The third-order valence-corrected chi connectivity index (χ3v) is 1.83. The van der Waals surface area contributed by atoms with Gasteiger partial charge in [0.2, 0.25) is 0 Å². The SMILES string of the molecule is C[C@@H]1O[C@@H](O)[C@@H](O)[C@@H](O)[C@H]1O. The Morgan fingerprint density at radius 3 is 2.00 bits per heavy atom. The predicted molar refractivity (Wildman–Crippen MR) is 34.6 cm³/mol. The number of aliphatic hydroxyl groups is 4. The summed E-state index contributed by atoms with van der Waals surface area (Å²) in [5.74, 6) is 0. The van der Waals surface area contributed by atoms with E-state index in [9.17, 15) is 0 Å². The van der Waals surface area contributed by atoms with Gasteiger partial charge < -0.3 is 25.2 Å². The summed E-state index contributed by atoms with van der Waals surface area (Å²) >= 11 is 0. The van der Waals surface area contributed by atoms with E-state index in [1.54, 1.807) is 0 Å². The molecule has 11 heavy (non-hydrogen) atoms. The third kappa shape index (κ3) is 1.52.